The van der Waals surface area contributed by atoms with Gasteiger partial charge in [-0.15, -0.1) is 0 Å². The van der Waals surface area contributed by atoms with Crippen molar-refractivity contribution in [1.29, 1.82) is 0 Å². The van der Waals surface area contributed by atoms with Crippen molar-refractivity contribution >= 4 is 41.0 Å². The molecule has 0 unspecified atom stereocenters. The summed E-state index contributed by atoms with van der Waals surface area (Å²) in [7, 11) is 1.70. The van der Waals surface area contributed by atoms with Gasteiger partial charge in [-0.2, -0.15) is 0 Å². The monoisotopic (exact) mass is 636 g/mol. The molecule has 3 rings (SSSR count). The van der Waals surface area contributed by atoms with E-state index in [-0.39, 0.29) is 90.7 Å². The number of phenols is 1. The van der Waals surface area contributed by atoms with E-state index in [0.29, 0.717) is 38.5 Å². The van der Waals surface area contributed by atoms with Gasteiger partial charge in [-0.25, -0.2) is 0 Å². The first-order valence-corrected chi connectivity index (χ1v) is 15.2. The van der Waals surface area contributed by atoms with Crippen LogP contribution in [-0.2, 0) is 24.0 Å². The molecular formula is C33H40N4O9. The Hall–Kier alpha value is -4.91. The minimum atomic E-state index is -0.675. The van der Waals surface area contributed by atoms with Crippen LogP contribution in [0.25, 0.3) is 0 Å². The zero-order chi connectivity index (χ0) is 33.6. The van der Waals surface area contributed by atoms with E-state index in [1.54, 1.807) is 30.1 Å². The molecule has 0 saturated heterocycles. The van der Waals surface area contributed by atoms with Crippen LogP contribution in [0.1, 0.15) is 96.6 Å². The van der Waals surface area contributed by atoms with Crippen molar-refractivity contribution in [3.63, 3.8) is 0 Å². The van der Waals surface area contributed by atoms with E-state index in [9.17, 15) is 38.7 Å². The number of unbranched alkanes of at least 4 members (excludes halogenated alkanes) is 2. The van der Waals surface area contributed by atoms with Crippen molar-refractivity contribution in [2.75, 3.05) is 26.9 Å². The maximum Gasteiger partial charge on any atom is 0.312 e. The fourth-order valence-corrected chi connectivity index (χ4v) is 4.73. The van der Waals surface area contributed by atoms with Crippen molar-refractivity contribution in [3.05, 3.63) is 58.7 Å². The maximum atomic E-state index is 12.9. The number of Topliss-reactive ketones (excluding diaryl/α,β-unsaturated/α-hetero) is 1. The Labute approximate surface area is 267 Å². The molecule has 46 heavy (non-hydrogen) atoms. The van der Waals surface area contributed by atoms with Gasteiger partial charge in [-0.05, 0) is 51.8 Å². The van der Waals surface area contributed by atoms with Crippen molar-refractivity contribution in [1.82, 2.24) is 20.9 Å². The fourth-order valence-electron chi connectivity index (χ4n) is 4.73. The van der Waals surface area contributed by atoms with Crippen molar-refractivity contribution in [3.8, 4) is 11.5 Å². The number of esters is 1. The van der Waals surface area contributed by atoms with E-state index in [0.717, 1.165) is 0 Å². The second-order valence-corrected chi connectivity index (χ2v) is 11.1. The van der Waals surface area contributed by atoms with Crippen LogP contribution in [0.4, 0.5) is 0 Å². The van der Waals surface area contributed by atoms with Crippen LogP contribution in [0.5, 0.6) is 11.5 Å². The van der Waals surface area contributed by atoms with Gasteiger partial charge in [0.2, 0.25) is 17.7 Å². The van der Waals surface area contributed by atoms with E-state index in [4.69, 9.17) is 4.74 Å². The number of ketones is 3. The highest BCUT2D eigenvalue weighted by molar-refractivity contribution is 6.29. The lowest BCUT2D eigenvalue weighted by molar-refractivity contribution is -0.135. The summed E-state index contributed by atoms with van der Waals surface area (Å²) in [6.45, 7) is 1.93. The standard InChI is InChI=1S/C33H40N4O9/c1-21(38)9-3-6-12-26(39)34-19-35-27(40)13-7-8-14-28(41)36-20-37(2)18-17-29(42)46-25-16-15-24-30(33(25)45)32(44)23-11-5-4-10-22(23)31(24)43/h4-5,10-11,15-16,45H,3,6-9,12-14,17-20H2,1-2H3,(H,34,39)(H,35,40)(H,36,41). The molecule has 4 N–H and O–H groups in total. The number of carbonyl (C=O) groups is 7. The van der Waals surface area contributed by atoms with Gasteiger partial charge >= 0.3 is 5.97 Å². The summed E-state index contributed by atoms with van der Waals surface area (Å²) >= 11 is 0. The second kappa shape index (κ2) is 17.5. The average molecular weight is 637 g/mol. The number of nitrogens with zero attached hydrogens (tertiary/aromatic N) is 1. The molecule has 0 aliphatic heterocycles. The molecule has 0 radical (unpaired) electrons. The SMILES string of the molecule is CC(=O)CCCCC(=O)NCNC(=O)CCCCC(=O)NCN(C)CCC(=O)Oc1ccc2c(c1O)C(=O)c1ccccc1C2=O. The molecule has 13 nitrogen and oxygen atoms in total. The molecule has 0 saturated carbocycles. The third-order valence-electron chi connectivity index (χ3n) is 7.31. The van der Waals surface area contributed by atoms with Gasteiger partial charge in [0, 0.05) is 48.9 Å². The predicted octanol–water partition coefficient (Wildman–Crippen LogP) is 2.37. The number of nitrogens with one attached hydrogen (secondary N) is 3. The average Bonchev–Trinajstić information content (AvgIpc) is 3.02. The Morgan fingerprint density at radius 2 is 1.26 bits per heavy atom. The number of fused-ring (bicyclic) bond motifs is 2. The number of hydrogen-bond donors (Lipinski definition) is 4. The molecule has 246 valence electrons. The van der Waals surface area contributed by atoms with Crippen LogP contribution >= 0.6 is 0 Å². The number of hydrogen-bond acceptors (Lipinski definition) is 10. The molecule has 0 aromatic heterocycles. The Morgan fingerprint density at radius 3 is 1.85 bits per heavy atom. The van der Waals surface area contributed by atoms with E-state index in [1.807, 2.05) is 0 Å². The van der Waals surface area contributed by atoms with Gasteiger partial charge in [0.15, 0.2) is 23.1 Å². The number of aromatic hydroxyl groups is 1. The topological polar surface area (TPSA) is 188 Å². The zero-order valence-electron chi connectivity index (χ0n) is 26.1. The van der Waals surface area contributed by atoms with Crippen LogP contribution < -0.4 is 20.7 Å². The van der Waals surface area contributed by atoms with Crippen LogP contribution in [0.2, 0.25) is 0 Å². The molecule has 2 aromatic carbocycles. The summed E-state index contributed by atoms with van der Waals surface area (Å²) in [6.07, 6.45) is 3.33. The minimum Gasteiger partial charge on any atom is -0.504 e. The number of phenolic OH excluding ortho intramolecular Hbond substituents is 1. The first-order chi connectivity index (χ1) is 22.0. The van der Waals surface area contributed by atoms with Crippen LogP contribution in [-0.4, -0.2) is 78.0 Å². The number of benzene rings is 2. The summed E-state index contributed by atoms with van der Waals surface area (Å²) in [5.41, 5.74) is 0.250. The zero-order valence-corrected chi connectivity index (χ0v) is 26.1. The van der Waals surface area contributed by atoms with Gasteiger partial charge in [-0.3, -0.25) is 33.7 Å². The lowest BCUT2D eigenvalue weighted by Crippen LogP contribution is -2.37. The first-order valence-electron chi connectivity index (χ1n) is 15.2. The Balaban J connectivity index is 1.28. The lowest BCUT2D eigenvalue weighted by atomic mass is 9.83. The van der Waals surface area contributed by atoms with Gasteiger partial charge < -0.3 is 30.6 Å². The van der Waals surface area contributed by atoms with Gasteiger partial charge in [0.1, 0.15) is 5.78 Å². The van der Waals surface area contributed by atoms with E-state index < -0.39 is 23.3 Å². The van der Waals surface area contributed by atoms with Crippen LogP contribution in [0, 0.1) is 0 Å². The number of amides is 3. The molecule has 0 spiro atoms. The number of rotatable bonds is 18. The van der Waals surface area contributed by atoms with Gasteiger partial charge in [0.25, 0.3) is 0 Å². The summed E-state index contributed by atoms with van der Waals surface area (Å²) in [4.78, 5) is 86.6. The molecule has 13 heteroatoms. The minimum absolute atomic E-state index is 0.0227. The predicted molar refractivity (Wildman–Crippen MR) is 166 cm³/mol. The molecule has 0 atom stereocenters. The summed E-state index contributed by atoms with van der Waals surface area (Å²) in [5, 5.41) is 18.6. The van der Waals surface area contributed by atoms with E-state index in [1.165, 1.54) is 25.1 Å². The molecule has 0 fully saturated rings. The lowest BCUT2D eigenvalue weighted by Gasteiger charge is -2.20. The third kappa shape index (κ3) is 10.6. The van der Waals surface area contributed by atoms with Crippen molar-refractivity contribution < 1.29 is 43.4 Å². The van der Waals surface area contributed by atoms with E-state index in [2.05, 4.69) is 16.0 Å². The Bertz CT molecular complexity index is 1490. The highest BCUT2D eigenvalue weighted by Crippen LogP contribution is 2.38. The normalized spacial score (nSPS) is 11.8. The molecule has 0 heterocycles. The first kappa shape index (κ1) is 35.6. The largest absolute Gasteiger partial charge is 0.504 e. The molecule has 1 aliphatic carbocycles. The summed E-state index contributed by atoms with van der Waals surface area (Å²) in [6, 6.07) is 8.93. The quantitative estimate of drug-likeness (QED) is 0.0698. The molecule has 3 amide bonds. The summed E-state index contributed by atoms with van der Waals surface area (Å²) < 4.78 is 5.28. The maximum absolute atomic E-state index is 12.9. The van der Waals surface area contributed by atoms with Crippen molar-refractivity contribution in [2.24, 2.45) is 0 Å². The Kier molecular flexibility index (Phi) is 13.6. The molecule has 0 bridgehead atoms. The Morgan fingerprint density at radius 1 is 0.717 bits per heavy atom. The second-order valence-electron chi connectivity index (χ2n) is 11.1. The molecular weight excluding hydrogens is 596 g/mol. The van der Waals surface area contributed by atoms with Crippen molar-refractivity contribution in [2.45, 2.75) is 64.7 Å². The van der Waals surface area contributed by atoms with Gasteiger partial charge in [-0.1, -0.05) is 24.3 Å². The number of ether oxygens (including phenoxy) is 1. The van der Waals surface area contributed by atoms with Crippen LogP contribution in [0.15, 0.2) is 36.4 Å². The van der Waals surface area contributed by atoms with Crippen LogP contribution in [0.3, 0.4) is 0 Å². The third-order valence-corrected chi connectivity index (χ3v) is 7.31. The highest BCUT2D eigenvalue weighted by Gasteiger charge is 2.33. The van der Waals surface area contributed by atoms with E-state index >= 15 is 0 Å². The fraction of sp³-hybridized carbons (Fsp3) is 0.424. The highest BCUT2D eigenvalue weighted by atomic mass is 16.5. The summed E-state index contributed by atoms with van der Waals surface area (Å²) in [5.74, 6) is -2.97. The van der Waals surface area contributed by atoms with Gasteiger partial charge in [0.05, 0.1) is 25.3 Å². The molecule has 1 aliphatic rings. The number of carbonyl (C=O) groups excluding carboxylic acids is 7. The smallest absolute Gasteiger partial charge is 0.312 e. The molecule has 2 aromatic rings.